The lowest BCUT2D eigenvalue weighted by Gasteiger charge is -2.48. The first-order chi connectivity index (χ1) is 31.7. The van der Waals surface area contributed by atoms with Gasteiger partial charge in [0.15, 0.2) is 7.28 Å². The van der Waals surface area contributed by atoms with Crippen LogP contribution in [0.15, 0.2) is 180 Å². The smallest absolute Gasteiger partial charge is 0.197 e. The molecule has 4 heteroatoms. The van der Waals surface area contributed by atoms with Crippen molar-refractivity contribution in [2.24, 2.45) is 0 Å². The maximum absolute atomic E-state index is 7.04. The Balaban J connectivity index is 1.06. The van der Waals surface area contributed by atoms with Gasteiger partial charge in [-0.25, -0.2) is 0 Å². The fraction of sp³-hybridized carbons (Fsp3) is 0.148. The van der Waals surface area contributed by atoms with E-state index in [1.807, 2.05) is 0 Å². The van der Waals surface area contributed by atoms with E-state index in [2.05, 4.69) is 221 Å². The van der Waals surface area contributed by atoms with Crippen LogP contribution in [0.25, 0.3) is 55.0 Å². The van der Waals surface area contributed by atoms with E-state index in [0.717, 1.165) is 50.9 Å². The fourth-order valence-electron chi connectivity index (χ4n) is 12.6. The largest absolute Gasteiger partial charge is 0.455 e. The van der Waals surface area contributed by atoms with Gasteiger partial charge in [0.05, 0.1) is 16.8 Å². The Morgan fingerprint density at radius 2 is 1.17 bits per heavy atom. The summed E-state index contributed by atoms with van der Waals surface area (Å²) in [6.07, 6.45) is 2.35. The second-order valence-corrected chi connectivity index (χ2v) is 20.1. The van der Waals surface area contributed by atoms with Gasteiger partial charge in [-0.15, -0.1) is 0 Å². The first-order valence-corrected chi connectivity index (χ1v) is 23.2. The Morgan fingerprint density at radius 3 is 1.97 bits per heavy atom. The molecule has 3 heterocycles. The third-order valence-corrected chi connectivity index (χ3v) is 15.7. The summed E-state index contributed by atoms with van der Waals surface area (Å²) in [4.78, 5) is 2.61. The molecule has 0 bridgehead atoms. The molecule has 1 radical (unpaired) electrons. The van der Waals surface area contributed by atoms with Crippen molar-refractivity contribution in [1.82, 2.24) is 0 Å². The maximum atomic E-state index is 7.04. The SMILES string of the molecule is CC1(C)CCC(C)(C)c2cc(Nc3ccc4c(oc5ccccc54)c3-c3cc4ccccc4c4c3[B]c3cccc5c3N4c3ccccc3C53c4ccccc4-c4ccccc43)ccc21. The van der Waals surface area contributed by atoms with Crippen molar-refractivity contribution < 1.29 is 4.42 Å². The number of nitrogens with one attached hydrogen (secondary N) is 1. The lowest BCUT2D eigenvalue weighted by Crippen LogP contribution is -2.47. The average molecular weight is 834 g/mol. The molecule has 0 unspecified atom stereocenters. The molecule has 1 aromatic heterocycles. The Kier molecular flexibility index (Phi) is 7.38. The zero-order valence-electron chi connectivity index (χ0n) is 37.1. The van der Waals surface area contributed by atoms with Gasteiger partial charge in [-0.2, -0.15) is 0 Å². The molecule has 309 valence electrons. The molecular formula is C61H46BN2O. The molecule has 0 fully saturated rings. The average Bonchev–Trinajstić information content (AvgIpc) is 3.85. The number of fused-ring (bicyclic) bond motifs is 17. The van der Waals surface area contributed by atoms with Crippen LogP contribution in [0, 0.1) is 0 Å². The minimum Gasteiger partial charge on any atom is -0.455 e. The van der Waals surface area contributed by atoms with Gasteiger partial charge in [0.25, 0.3) is 0 Å². The molecule has 10 aromatic rings. The van der Waals surface area contributed by atoms with Crippen LogP contribution in [0.5, 0.6) is 0 Å². The predicted molar refractivity (Wildman–Crippen MR) is 272 cm³/mol. The summed E-state index contributed by atoms with van der Waals surface area (Å²) in [6, 6.07) is 65.7. The summed E-state index contributed by atoms with van der Waals surface area (Å²) in [5.74, 6) is 0. The van der Waals surface area contributed by atoms with Gasteiger partial charge in [-0.1, -0.05) is 167 Å². The molecule has 3 nitrogen and oxygen atoms in total. The van der Waals surface area contributed by atoms with Crippen LogP contribution in [-0.2, 0) is 16.2 Å². The number of rotatable bonds is 3. The highest BCUT2D eigenvalue weighted by Gasteiger charge is 2.53. The van der Waals surface area contributed by atoms with Crippen LogP contribution >= 0.6 is 0 Å². The highest BCUT2D eigenvalue weighted by molar-refractivity contribution is 6.74. The van der Waals surface area contributed by atoms with E-state index in [1.165, 1.54) is 89.7 Å². The van der Waals surface area contributed by atoms with Crippen molar-refractivity contribution in [3.63, 3.8) is 0 Å². The normalized spacial score (nSPS) is 16.3. The summed E-state index contributed by atoms with van der Waals surface area (Å²) >= 11 is 0. The quantitative estimate of drug-likeness (QED) is 0.180. The van der Waals surface area contributed by atoms with Crippen LogP contribution < -0.4 is 21.1 Å². The van der Waals surface area contributed by atoms with Crippen LogP contribution in [0.4, 0.5) is 28.4 Å². The summed E-state index contributed by atoms with van der Waals surface area (Å²) in [7, 11) is 2.47. The van der Waals surface area contributed by atoms with E-state index in [1.54, 1.807) is 0 Å². The van der Waals surface area contributed by atoms with Gasteiger partial charge in [-0.3, -0.25) is 0 Å². The van der Waals surface area contributed by atoms with E-state index < -0.39 is 5.41 Å². The van der Waals surface area contributed by atoms with Gasteiger partial charge in [0.1, 0.15) is 11.2 Å². The van der Waals surface area contributed by atoms with E-state index in [9.17, 15) is 0 Å². The number of para-hydroxylation sites is 3. The molecule has 14 rings (SSSR count). The van der Waals surface area contributed by atoms with E-state index in [4.69, 9.17) is 4.42 Å². The van der Waals surface area contributed by atoms with Crippen molar-refractivity contribution in [1.29, 1.82) is 0 Å². The number of benzene rings is 9. The Hall–Kier alpha value is -7.30. The highest BCUT2D eigenvalue weighted by atomic mass is 16.3. The highest BCUT2D eigenvalue weighted by Crippen LogP contribution is 2.64. The molecule has 2 aliphatic heterocycles. The van der Waals surface area contributed by atoms with Crippen LogP contribution in [0.1, 0.15) is 73.9 Å². The molecule has 0 amide bonds. The summed E-state index contributed by atoms with van der Waals surface area (Å²) < 4.78 is 7.04. The summed E-state index contributed by atoms with van der Waals surface area (Å²) in [6.45, 7) is 9.60. The van der Waals surface area contributed by atoms with E-state index >= 15 is 0 Å². The van der Waals surface area contributed by atoms with Crippen molar-refractivity contribution in [3.8, 4) is 22.3 Å². The molecule has 9 aromatic carbocycles. The number of nitrogens with zero attached hydrogens (tertiary/aromatic N) is 1. The van der Waals surface area contributed by atoms with Crippen LogP contribution in [-0.4, -0.2) is 7.28 Å². The molecular weight excluding hydrogens is 787 g/mol. The monoisotopic (exact) mass is 833 g/mol. The Bertz CT molecular complexity index is 3660. The molecule has 1 N–H and O–H groups in total. The summed E-state index contributed by atoms with van der Waals surface area (Å²) in [5.41, 5.74) is 22.6. The fourth-order valence-corrected chi connectivity index (χ4v) is 12.6. The molecule has 0 saturated heterocycles. The molecule has 0 atom stereocenters. The van der Waals surface area contributed by atoms with Gasteiger partial charge >= 0.3 is 0 Å². The van der Waals surface area contributed by atoms with Gasteiger partial charge < -0.3 is 14.6 Å². The van der Waals surface area contributed by atoms with Crippen LogP contribution in [0.3, 0.4) is 0 Å². The number of anilines is 5. The second kappa shape index (κ2) is 12.9. The zero-order chi connectivity index (χ0) is 43.4. The number of hydrogen-bond acceptors (Lipinski definition) is 3. The molecule has 1 spiro atoms. The number of hydrogen-bond donors (Lipinski definition) is 1. The molecule has 65 heavy (non-hydrogen) atoms. The third-order valence-electron chi connectivity index (χ3n) is 15.7. The van der Waals surface area contributed by atoms with E-state index in [0.29, 0.717) is 0 Å². The van der Waals surface area contributed by atoms with Gasteiger partial charge in [0.2, 0.25) is 0 Å². The van der Waals surface area contributed by atoms with Crippen molar-refractivity contribution in [3.05, 3.63) is 209 Å². The van der Waals surface area contributed by atoms with Crippen molar-refractivity contribution in [2.75, 3.05) is 10.2 Å². The zero-order valence-corrected chi connectivity index (χ0v) is 37.1. The topological polar surface area (TPSA) is 28.4 Å². The maximum Gasteiger partial charge on any atom is 0.197 e. The lowest BCUT2D eigenvalue weighted by molar-refractivity contribution is 0.332. The standard InChI is InChI=1S/C61H46BN2O/c1-59(2)32-33-60(3,4)49-35-37(28-30-46(49)59)63-51-31-29-42-41-20-9-14-27-53(41)65-58(42)54(51)43-34-36-16-5-6-17-38(36)56-55(43)62-50-25-15-24-48-57(50)64(56)52-26-13-12-23-47(52)61(48)44-21-10-7-18-39(44)40-19-8-11-22-45(40)61/h5-31,34-35,63H,32-33H2,1-4H3. The minimum atomic E-state index is -0.486. The van der Waals surface area contributed by atoms with Gasteiger partial charge in [0, 0.05) is 38.8 Å². The summed E-state index contributed by atoms with van der Waals surface area (Å²) in [5, 5.41) is 8.65. The molecule has 4 aliphatic rings. The predicted octanol–water partition coefficient (Wildman–Crippen LogP) is 14.6. The lowest BCUT2D eigenvalue weighted by atomic mass is 9.54. The van der Waals surface area contributed by atoms with Gasteiger partial charge in [-0.05, 0) is 127 Å². The first kappa shape index (κ1) is 37.1. The van der Waals surface area contributed by atoms with Crippen molar-refractivity contribution in [2.45, 2.75) is 56.8 Å². The van der Waals surface area contributed by atoms with E-state index in [-0.39, 0.29) is 10.8 Å². The minimum absolute atomic E-state index is 0.0820. The third kappa shape index (κ3) is 4.87. The molecule has 2 aliphatic carbocycles. The van der Waals surface area contributed by atoms with Crippen LogP contribution in [0.2, 0.25) is 0 Å². The second-order valence-electron chi connectivity index (χ2n) is 20.1. The molecule has 0 saturated carbocycles. The first-order valence-electron chi connectivity index (χ1n) is 23.2. The van der Waals surface area contributed by atoms with Crippen molar-refractivity contribution >= 4 is 79.4 Å². The number of furan rings is 1. The Labute approximate surface area is 380 Å². The Morgan fingerprint density at radius 1 is 0.508 bits per heavy atom.